The Kier molecular flexibility index (Phi) is 3.02. The Balaban J connectivity index is 1.89. The van der Waals surface area contributed by atoms with Crippen LogP contribution >= 0.6 is 15.9 Å². The van der Waals surface area contributed by atoms with Crippen molar-refractivity contribution in [2.75, 3.05) is 13.2 Å². The highest BCUT2D eigenvalue weighted by atomic mass is 79.9. The molecule has 1 saturated carbocycles. The van der Waals surface area contributed by atoms with Crippen molar-refractivity contribution in [2.45, 2.75) is 32.3 Å². The molecule has 1 heterocycles. The first-order valence-corrected chi connectivity index (χ1v) is 7.13. The van der Waals surface area contributed by atoms with E-state index in [1.165, 1.54) is 12.8 Å². The lowest BCUT2D eigenvalue weighted by Crippen LogP contribution is -2.17. The van der Waals surface area contributed by atoms with Gasteiger partial charge in [0.1, 0.15) is 0 Å². The third kappa shape index (κ3) is 2.36. The standard InChI is InChI=1S/C14H17BrO3/c1-9(16)4-10-5-11(15)13-12(6-10)17-7-14(2-3-14)8-18-13/h5-6,9,16H,2-4,7-8H2,1H3. The molecule has 1 aromatic carbocycles. The molecular weight excluding hydrogens is 296 g/mol. The van der Waals surface area contributed by atoms with Gasteiger partial charge in [0, 0.05) is 5.41 Å². The van der Waals surface area contributed by atoms with Gasteiger partial charge in [-0.1, -0.05) is 0 Å². The number of ether oxygens (including phenoxy) is 2. The Labute approximate surface area is 115 Å². The molecular formula is C14H17BrO3. The maximum Gasteiger partial charge on any atom is 0.175 e. The van der Waals surface area contributed by atoms with Gasteiger partial charge in [0.25, 0.3) is 0 Å². The lowest BCUT2D eigenvalue weighted by Gasteiger charge is -2.12. The minimum absolute atomic E-state index is 0.253. The largest absolute Gasteiger partial charge is 0.489 e. The van der Waals surface area contributed by atoms with Gasteiger partial charge in [0.2, 0.25) is 0 Å². The normalized spacial score (nSPS) is 21.5. The van der Waals surface area contributed by atoms with Gasteiger partial charge in [0.05, 0.1) is 23.8 Å². The van der Waals surface area contributed by atoms with Crippen LogP contribution in [0, 0.1) is 5.41 Å². The van der Waals surface area contributed by atoms with Crippen LogP contribution in [-0.4, -0.2) is 24.4 Å². The Morgan fingerprint density at radius 1 is 1.33 bits per heavy atom. The predicted molar refractivity (Wildman–Crippen MR) is 72.2 cm³/mol. The number of aliphatic hydroxyl groups is 1. The fourth-order valence-corrected chi connectivity index (χ4v) is 2.89. The molecule has 18 heavy (non-hydrogen) atoms. The molecule has 3 rings (SSSR count). The Morgan fingerprint density at radius 3 is 2.72 bits per heavy atom. The van der Waals surface area contributed by atoms with Gasteiger partial charge in [-0.15, -0.1) is 0 Å². The quantitative estimate of drug-likeness (QED) is 0.912. The monoisotopic (exact) mass is 312 g/mol. The van der Waals surface area contributed by atoms with Crippen molar-refractivity contribution >= 4 is 15.9 Å². The second kappa shape index (κ2) is 4.42. The van der Waals surface area contributed by atoms with E-state index in [0.717, 1.165) is 34.7 Å². The van der Waals surface area contributed by atoms with Crippen LogP contribution in [-0.2, 0) is 6.42 Å². The molecule has 1 aliphatic carbocycles. The van der Waals surface area contributed by atoms with Crippen LogP contribution in [0.15, 0.2) is 16.6 Å². The molecule has 2 aliphatic rings. The maximum absolute atomic E-state index is 9.46. The third-order valence-corrected chi connectivity index (χ3v) is 4.20. The average molecular weight is 313 g/mol. The highest BCUT2D eigenvalue weighted by Crippen LogP contribution is 2.50. The number of hydrogen-bond acceptors (Lipinski definition) is 3. The number of fused-ring (bicyclic) bond motifs is 1. The SMILES string of the molecule is CC(O)Cc1cc(Br)c2c(c1)OCC1(CC1)CO2. The highest BCUT2D eigenvalue weighted by Gasteiger charge is 2.46. The minimum Gasteiger partial charge on any atom is -0.489 e. The minimum atomic E-state index is -0.351. The highest BCUT2D eigenvalue weighted by molar-refractivity contribution is 9.10. The van der Waals surface area contributed by atoms with Crippen LogP contribution in [0.5, 0.6) is 11.5 Å². The molecule has 1 N–H and O–H groups in total. The molecule has 98 valence electrons. The Morgan fingerprint density at radius 2 is 2.06 bits per heavy atom. The third-order valence-electron chi connectivity index (χ3n) is 3.61. The molecule has 0 amide bonds. The zero-order valence-corrected chi connectivity index (χ0v) is 12.0. The van der Waals surface area contributed by atoms with E-state index in [2.05, 4.69) is 15.9 Å². The summed E-state index contributed by atoms with van der Waals surface area (Å²) >= 11 is 3.53. The molecule has 4 heteroatoms. The van der Waals surface area contributed by atoms with Crippen LogP contribution in [0.2, 0.25) is 0 Å². The van der Waals surface area contributed by atoms with Crippen LogP contribution in [0.3, 0.4) is 0 Å². The smallest absolute Gasteiger partial charge is 0.175 e. The fraction of sp³-hybridized carbons (Fsp3) is 0.571. The summed E-state index contributed by atoms with van der Waals surface area (Å²) in [5, 5.41) is 9.46. The summed E-state index contributed by atoms with van der Waals surface area (Å²) in [6.07, 6.45) is 2.66. The molecule has 1 spiro atoms. The first-order chi connectivity index (χ1) is 8.58. The van der Waals surface area contributed by atoms with Gasteiger partial charge in [-0.2, -0.15) is 0 Å². The lowest BCUT2D eigenvalue weighted by atomic mass is 10.1. The summed E-state index contributed by atoms with van der Waals surface area (Å²) < 4.78 is 12.7. The number of aliphatic hydroxyl groups excluding tert-OH is 1. The van der Waals surface area contributed by atoms with E-state index in [1.54, 1.807) is 6.92 Å². The van der Waals surface area contributed by atoms with Gasteiger partial charge in [-0.05, 0) is 59.8 Å². The van der Waals surface area contributed by atoms with Crippen molar-refractivity contribution in [1.82, 2.24) is 0 Å². The molecule has 1 aromatic rings. The molecule has 1 atom stereocenters. The number of benzene rings is 1. The lowest BCUT2D eigenvalue weighted by molar-refractivity contribution is 0.194. The van der Waals surface area contributed by atoms with E-state index in [1.807, 2.05) is 12.1 Å². The fourth-order valence-electron chi connectivity index (χ4n) is 2.29. The maximum atomic E-state index is 9.46. The molecule has 1 unspecified atom stereocenters. The molecule has 0 aromatic heterocycles. The summed E-state index contributed by atoms with van der Waals surface area (Å²) in [6, 6.07) is 3.98. The van der Waals surface area contributed by atoms with E-state index in [9.17, 15) is 5.11 Å². The van der Waals surface area contributed by atoms with Crippen molar-refractivity contribution in [3.63, 3.8) is 0 Å². The molecule has 0 radical (unpaired) electrons. The average Bonchev–Trinajstić information content (AvgIpc) is 3.07. The second-order valence-electron chi connectivity index (χ2n) is 5.54. The van der Waals surface area contributed by atoms with Gasteiger partial charge in [0.15, 0.2) is 11.5 Å². The summed E-state index contributed by atoms with van der Waals surface area (Å²) in [5.41, 5.74) is 1.31. The van der Waals surface area contributed by atoms with Crippen LogP contribution in [0.4, 0.5) is 0 Å². The summed E-state index contributed by atoms with van der Waals surface area (Å²) in [5.74, 6) is 1.59. The predicted octanol–water partition coefficient (Wildman–Crippen LogP) is 2.92. The van der Waals surface area contributed by atoms with Crippen molar-refractivity contribution in [1.29, 1.82) is 0 Å². The zero-order chi connectivity index (χ0) is 12.8. The van der Waals surface area contributed by atoms with Crippen molar-refractivity contribution in [2.24, 2.45) is 5.41 Å². The van der Waals surface area contributed by atoms with Crippen LogP contribution < -0.4 is 9.47 Å². The first kappa shape index (κ1) is 12.3. The van der Waals surface area contributed by atoms with Crippen LogP contribution in [0.1, 0.15) is 25.3 Å². The van der Waals surface area contributed by atoms with Crippen LogP contribution in [0.25, 0.3) is 0 Å². The van der Waals surface area contributed by atoms with E-state index >= 15 is 0 Å². The van der Waals surface area contributed by atoms with E-state index in [0.29, 0.717) is 6.42 Å². The van der Waals surface area contributed by atoms with E-state index < -0.39 is 0 Å². The number of halogens is 1. The Bertz CT molecular complexity index is 466. The molecule has 1 fully saturated rings. The number of hydrogen-bond donors (Lipinski definition) is 1. The number of rotatable bonds is 2. The topological polar surface area (TPSA) is 38.7 Å². The van der Waals surface area contributed by atoms with Crippen molar-refractivity contribution in [3.8, 4) is 11.5 Å². The first-order valence-electron chi connectivity index (χ1n) is 6.34. The van der Waals surface area contributed by atoms with E-state index in [4.69, 9.17) is 9.47 Å². The van der Waals surface area contributed by atoms with Gasteiger partial charge < -0.3 is 14.6 Å². The van der Waals surface area contributed by atoms with Crippen molar-refractivity contribution in [3.05, 3.63) is 22.2 Å². The van der Waals surface area contributed by atoms with Crippen molar-refractivity contribution < 1.29 is 14.6 Å². The zero-order valence-electron chi connectivity index (χ0n) is 10.4. The van der Waals surface area contributed by atoms with Gasteiger partial charge in [-0.3, -0.25) is 0 Å². The van der Waals surface area contributed by atoms with E-state index in [-0.39, 0.29) is 11.5 Å². The molecule has 3 nitrogen and oxygen atoms in total. The summed E-state index contributed by atoms with van der Waals surface area (Å²) in [7, 11) is 0. The van der Waals surface area contributed by atoms with Gasteiger partial charge in [-0.25, -0.2) is 0 Å². The molecule has 0 saturated heterocycles. The summed E-state index contributed by atoms with van der Waals surface area (Å²) in [4.78, 5) is 0. The Hall–Kier alpha value is -0.740. The molecule has 0 bridgehead atoms. The van der Waals surface area contributed by atoms with Gasteiger partial charge >= 0.3 is 0 Å². The molecule has 1 aliphatic heterocycles. The summed E-state index contributed by atoms with van der Waals surface area (Å²) in [6.45, 7) is 3.27. The second-order valence-corrected chi connectivity index (χ2v) is 6.39.